The Labute approximate surface area is 110 Å². The van der Waals surface area contributed by atoms with Crippen LogP contribution < -0.4 is 0 Å². The highest BCUT2D eigenvalue weighted by Crippen LogP contribution is 2.13. The second-order valence-corrected chi connectivity index (χ2v) is 3.11. The summed E-state index contributed by atoms with van der Waals surface area (Å²) in [7, 11) is 0. The van der Waals surface area contributed by atoms with Crippen LogP contribution in [0.5, 0.6) is 0 Å². The Morgan fingerprint density at radius 3 is 2.73 bits per heavy atom. The fourth-order valence-corrected chi connectivity index (χ4v) is 1.39. The van der Waals surface area contributed by atoms with E-state index in [1.807, 2.05) is 30.5 Å². The lowest BCUT2D eigenvalue weighted by atomic mass is 10.1. The molecule has 15 heavy (non-hydrogen) atoms. The molecule has 0 atom stereocenters. The summed E-state index contributed by atoms with van der Waals surface area (Å²) >= 11 is 4.50. The molecule has 0 amide bonds. The zero-order chi connectivity index (χ0) is 9.80. The smallest absolute Gasteiger partial charge is 0.0915 e. The molecule has 2 aromatic rings. The van der Waals surface area contributed by atoms with Crippen LogP contribution in [0.4, 0.5) is 0 Å². The highest BCUT2D eigenvalue weighted by atomic mass is 127. The molecular weight excluding hydrogens is 319 g/mol. The number of halogens is 1. The van der Waals surface area contributed by atoms with Gasteiger partial charge in [-0.2, -0.15) is 0 Å². The van der Waals surface area contributed by atoms with Gasteiger partial charge in [-0.1, -0.05) is 24.3 Å². The monoisotopic (exact) mass is 328 g/mol. The van der Waals surface area contributed by atoms with Crippen LogP contribution in [0.1, 0.15) is 5.69 Å². The third-order valence-electron chi connectivity index (χ3n) is 1.99. The number of rotatable bonds is 2. The van der Waals surface area contributed by atoms with Crippen LogP contribution in [-0.4, -0.2) is 10.1 Å². The molecule has 1 aromatic carbocycles. The molecule has 2 nitrogen and oxygen atoms in total. The van der Waals surface area contributed by atoms with Crippen LogP contribution in [0.2, 0.25) is 0 Å². The highest BCUT2D eigenvalue weighted by molar-refractivity contribution is 14.0. The van der Waals surface area contributed by atoms with Crippen molar-refractivity contribution in [3.8, 4) is 0 Å². The molecule has 1 heterocycles. The van der Waals surface area contributed by atoms with E-state index in [1.54, 1.807) is 0 Å². The molecular formula is C11H9IN2S. The molecule has 0 unspecified atom stereocenters. The number of aromatic nitrogens is 1. The first-order valence-corrected chi connectivity index (χ1v) is 4.68. The number of hydrogen-bond donors (Lipinski definition) is 0. The van der Waals surface area contributed by atoms with Gasteiger partial charge in [-0.05, 0) is 23.7 Å². The van der Waals surface area contributed by atoms with Gasteiger partial charge in [0.25, 0.3) is 0 Å². The SMILES string of the molecule is I.S=C=NCc1cc2ccccc2cn1. The molecule has 0 N–H and O–H groups in total. The third kappa shape index (κ3) is 3.06. The molecule has 0 aliphatic rings. The fraction of sp³-hybridized carbons (Fsp3) is 0.0909. The van der Waals surface area contributed by atoms with Crippen molar-refractivity contribution in [2.24, 2.45) is 4.99 Å². The number of pyridine rings is 1. The predicted molar refractivity (Wildman–Crippen MR) is 75.9 cm³/mol. The number of aliphatic imine (C=N–C) groups is 1. The van der Waals surface area contributed by atoms with Gasteiger partial charge in [0, 0.05) is 11.6 Å². The molecule has 0 fully saturated rings. The van der Waals surface area contributed by atoms with Gasteiger partial charge in [-0.15, -0.1) is 24.0 Å². The first kappa shape index (κ1) is 12.2. The molecule has 76 valence electrons. The summed E-state index contributed by atoms with van der Waals surface area (Å²) in [6, 6.07) is 10.1. The van der Waals surface area contributed by atoms with Gasteiger partial charge in [0.1, 0.15) is 0 Å². The molecule has 0 radical (unpaired) electrons. The van der Waals surface area contributed by atoms with Gasteiger partial charge in [0.2, 0.25) is 0 Å². The minimum atomic E-state index is 0. The first-order valence-electron chi connectivity index (χ1n) is 4.27. The quantitative estimate of drug-likeness (QED) is 0.479. The van der Waals surface area contributed by atoms with Crippen molar-refractivity contribution in [2.45, 2.75) is 6.54 Å². The van der Waals surface area contributed by atoms with Crippen molar-refractivity contribution in [1.82, 2.24) is 4.98 Å². The summed E-state index contributed by atoms with van der Waals surface area (Å²) in [4.78, 5) is 8.12. The van der Waals surface area contributed by atoms with E-state index in [2.05, 4.69) is 33.4 Å². The van der Waals surface area contributed by atoms with E-state index in [1.165, 1.54) is 5.39 Å². The van der Waals surface area contributed by atoms with E-state index in [0.29, 0.717) is 6.54 Å². The van der Waals surface area contributed by atoms with E-state index in [9.17, 15) is 0 Å². The lowest BCUT2D eigenvalue weighted by molar-refractivity contribution is 1.01. The van der Waals surface area contributed by atoms with Gasteiger partial charge >= 0.3 is 0 Å². The summed E-state index contributed by atoms with van der Waals surface area (Å²) in [6.45, 7) is 0.508. The molecule has 0 saturated heterocycles. The maximum absolute atomic E-state index is 4.50. The van der Waals surface area contributed by atoms with Crippen molar-refractivity contribution in [3.05, 3.63) is 42.2 Å². The Balaban J connectivity index is 0.00000112. The van der Waals surface area contributed by atoms with Gasteiger partial charge in [0.05, 0.1) is 17.4 Å². The largest absolute Gasteiger partial charge is 0.259 e. The topological polar surface area (TPSA) is 25.2 Å². The van der Waals surface area contributed by atoms with Gasteiger partial charge in [-0.3, -0.25) is 4.98 Å². The van der Waals surface area contributed by atoms with Crippen molar-refractivity contribution >= 4 is 52.1 Å². The zero-order valence-electron chi connectivity index (χ0n) is 7.88. The molecule has 0 saturated carbocycles. The average molecular weight is 328 g/mol. The van der Waals surface area contributed by atoms with Gasteiger partial charge in [-0.25, -0.2) is 4.99 Å². The van der Waals surface area contributed by atoms with E-state index in [4.69, 9.17) is 0 Å². The predicted octanol–water partition coefficient (Wildman–Crippen LogP) is 3.46. The first-order chi connectivity index (χ1) is 6.90. The summed E-state index contributed by atoms with van der Waals surface area (Å²) in [5.74, 6) is 0. The number of hydrogen-bond acceptors (Lipinski definition) is 3. The number of thiocarbonyl (C=S) groups is 1. The molecule has 0 aliphatic carbocycles. The summed E-state index contributed by atoms with van der Waals surface area (Å²) < 4.78 is 0. The summed E-state index contributed by atoms with van der Waals surface area (Å²) in [5, 5.41) is 4.65. The van der Waals surface area contributed by atoms with Gasteiger partial charge < -0.3 is 0 Å². The van der Waals surface area contributed by atoms with Crippen molar-refractivity contribution in [3.63, 3.8) is 0 Å². The average Bonchev–Trinajstić information content (AvgIpc) is 2.26. The Morgan fingerprint density at radius 2 is 2.00 bits per heavy atom. The molecule has 0 spiro atoms. The Morgan fingerprint density at radius 1 is 1.27 bits per heavy atom. The van der Waals surface area contributed by atoms with Crippen LogP contribution in [0.25, 0.3) is 10.8 Å². The van der Waals surface area contributed by atoms with E-state index in [-0.39, 0.29) is 24.0 Å². The maximum atomic E-state index is 4.50. The maximum Gasteiger partial charge on any atom is 0.0915 e. The number of isothiocyanates is 1. The van der Waals surface area contributed by atoms with Crippen molar-refractivity contribution in [1.29, 1.82) is 0 Å². The number of nitrogens with zero attached hydrogens (tertiary/aromatic N) is 2. The molecule has 4 heteroatoms. The lowest BCUT2D eigenvalue weighted by Crippen LogP contribution is -1.86. The Kier molecular flexibility index (Phi) is 4.81. The Hall–Kier alpha value is -0.840. The molecule has 1 aromatic heterocycles. The van der Waals surface area contributed by atoms with Crippen molar-refractivity contribution in [2.75, 3.05) is 0 Å². The van der Waals surface area contributed by atoms with Crippen LogP contribution in [0.3, 0.4) is 0 Å². The van der Waals surface area contributed by atoms with Crippen LogP contribution in [0, 0.1) is 0 Å². The second kappa shape index (κ2) is 5.90. The van der Waals surface area contributed by atoms with Crippen molar-refractivity contribution < 1.29 is 0 Å². The van der Waals surface area contributed by atoms with Crippen LogP contribution in [-0.2, 0) is 6.54 Å². The highest BCUT2D eigenvalue weighted by Gasteiger charge is 1.95. The van der Waals surface area contributed by atoms with Crippen LogP contribution >= 0.6 is 36.2 Å². The molecule has 0 aliphatic heterocycles. The second-order valence-electron chi connectivity index (χ2n) is 2.93. The van der Waals surface area contributed by atoms with E-state index >= 15 is 0 Å². The van der Waals surface area contributed by atoms with Crippen LogP contribution in [0.15, 0.2) is 41.5 Å². The number of fused-ring (bicyclic) bond motifs is 1. The minimum Gasteiger partial charge on any atom is -0.259 e. The van der Waals surface area contributed by atoms with Gasteiger partial charge in [0.15, 0.2) is 0 Å². The summed E-state index contributed by atoms with van der Waals surface area (Å²) in [5.41, 5.74) is 0.918. The minimum absolute atomic E-state index is 0. The molecule has 2 rings (SSSR count). The third-order valence-corrected chi connectivity index (χ3v) is 2.12. The van der Waals surface area contributed by atoms with E-state index < -0.39 is 0 Å². The zero-order valence-corrected chi connectivity index (χ0v) is 11.0. The molecule has 0 bridgehead atoms. The fourth-order valence-electron chi connectivity index (χ4n) is 1.33. The summed E-state index contributed by atoms with van der Waals surface area (Å²) in [6.07, 6.45) is 1.85. The number of benzene rings is 1. The van der Waals surface area contributed by atoms with E-state index in [0.717, 1.165) is 11.1 Å². The standard InChI is InChI=1S/C11H8N2S.HI/c14-8-12-7-11-5-9-3-1-2-4-10(9)6-13-11;/h1-6H,7H2;1H. The lowest BCUT2D eigenvalue weighted by Gasteiger charge is -1.98. The normalized spacial score (nSPS) is 9.07. The Bertz CT molecular complexity index is 507.